The van der Waals surface area contributed by atoms with E-state index in [-0.39, 0.29) is 17.7 Å². The van der Waals surface area contributed by atoms with Crippen LogP contribution in [0.3, 0.4) is 0 Å². The van der Waals surface area contributed by atoms with Gasteiger partial charge in [0.25, 0.3) is 0 Å². The topological polar surface area (TPSA) is 72.6 Å². The van der Waals surface area contributed by atoms with Crippen molar-refractivity contribution in [2.45, 2.75) is 19.1 Å². The van der Waals surface area contributed by atoms with Crippen molar-refractivity contribution in [3.05, 3.63) is 0 Å². The zero-order valence-corrected chi connectivity index (χ0v) is 6.49. The van der Waals surface area contributed by atoms with Crippen molar-refractivity contribution in [2.24, 2.45) is 17.6 Å². The van der Waals surface area contributed by atoms with Crippen molar-refractivity contribution in [1.82, 2.24) is 0 Å². The van der Waals surface area contributed by atoms with Crippen molar-refractivity contribution in [1.29, 1.82) is 0 Å². The number of ether oxygens (including phenoxy) is 1. The van der Waals surface area contributed by atoms with Crippen molar-refractivity contribution < 1.29 is 14.6 Å². The Balaban J connectivity index is 2.23. The zero-order chi connectivity index (χ0) is 8.43. The summed E-state index contributed by atoms with van der Waals surface area (Å²) in [5.41, 5.74) is 5.04. The lowest BCUT2D eigenvalue weighted by Crippen LogP contribution is -2.41. The zero-order valence-electron chi connectivity index (χ0n) is 6.49. The molecule has 1 fully saturated rings. The highest BCUT2D eigenvalue weighted by atomic mass is 16.6. The Hall–Kier alpha value is -0.610. The average Bonchev–Trinajstić information content (AvgIpc) is 1.83. The number of nitrogens with two attached hydrogens (primary N) is 1. The molecule has 0 spiro atoms. The maximum absolute atomic E-state index is 10.5. The molecule has 0 heterocycles. The number of aliphatic hydroxyl groups is 1. The first-order valence-electron chi connectivity index (χ1n) is 3.65. The van der Waals surface area contributed by atoms with Gasteiger partial charge in [-0.2, -0.15) is 0 Å². The first-order chi connectivity index (χ1) is 5.15. The van der Waals surface area contributed by atoms with Gasteiger partial charge in [-0.25, -0.2) is 0 Å². The maximum atomic E-state index is 10.5. The molecule has 64 valence electrons. The molecule has 11 heavy (non-hydrogen) atoms. The van der Waals surface area contributed by atoms with E-state index in [1.807, 2.05) is 0 Å². The highest BCUT2D eigenvalue weighted by molar-refractivity contribution is 5.77. The smallest absolute Gasteiger partial charge is 0.220 e. The molecule has 3 N–H and O–H groups in total. The molecule has 0 bridgehead atoms. The van der Waals surface area contributed by atoms with Gasteiger partial charge in [-0.3, -0.25) is 4.79 Å². The molecule has 0 saturated heterocycles. The van der Waals surface area contributed by atoms with Gasteiger partial charge in [-0.1, -0.05) is 0 Å². The molecule has 4 nitrogen and oxygen atoms in total. The van der Waals surface area contributed by atoms with Crippen molar-refractivity contribution in [2.75, 3.05) is 7.11 Å². The average molecular weight is 159 g/mol. The van der Waals surface area contributed by atoms with Crippen LogP contribution < -0.4 is 5.73 Å². The van der Waals surface area contributed by atoms with Crippen LogP contribution in [0.2, 0.25) is 0 Å². The predicted molar refractivity (Wildman–Crippen MR) is 38.4 cm³/mol. The van der Waals surface area contributed by atoms with E-state index in [1.165, 1.54) is 7.11 Å². The molecule has 0 radical (unpaired) electrons. The minimum absolute atomic E-state index is 0.0511. The third-order valence-electron chi connectivity index (χ3n) is 2.22. The summed E-state index contributed by atoms with van der Waals surface area (Å²) in [6.07, 6.45) is 0.583. The van der Waals surface area contributed by atoms with Gasteiger partial charge in [0.05, 0.1) is 0 Å². The molecule has 1 saturated carbocycles. The molecular weight excluding hydrogens is 146 g/mol. The standard InChI is InChI=1S/C7H13NO3/c1-11-7(10)5-2-4(3-5)6(8)9/h4-5,7,10H,2-3H2,1H3,(H2,8,9). The van der Waals surface area contributed by atoms with Gasteiger partial charge in [-0.15, -0.1) is 0 Å². The minimum atomic E-state index is -0.731. The number of aliphatic hydroxyl groups excluding tert-OH is 1. The number of carbonyl (C=O) groups is 1. The van der Waals surface area contributed by atoms with Gasteiger partial charge in [0.2, 0.25) is 5.91 Å². The van der Waals surface area contributed by atoms with Crippen molar-refractivity contribution in [3.63, 3.8) is 0 Å². The number of methoxy groups -OCH3 is 1. The molecule has 4 heteroatoms. The second-order valence-electron chi connectivity index (χ2n) is 2.96. The third kappa shape index (κ3) is 1.70. The first kappa shape index (κ1) is 8.49. The van der Waals surface area contributed by atoms with E-state index in [1.54, 1.807) is 0 Å². The normalized spacial score (nSPS) is 32.5. The van der Waals surface area contributed by atoms with Crippen LogP contribution in [0.25, 0.3) is 0 Å². The fourth-order valence-corrected chi connectivity index (χ4v) is 1.32. The number of amides is 1. The van der Waals surface area contributed by atoms with Gasteiger partial charge >= 0.3 is 0 Å². The van der Waals surface area contributed by atoms with Crippen LogP contribution in [0.5, 0.6) is 0 Å². The monoisotopic (exact) mass is 159 g/mol. The fraction of sp³-hybridized carbons (Fsp3) is 0.857. The van der Waals surface area contributed by atoms with Crippen LogP contribution in [-0.4, -0.2) is 24.4 Å². The lowest BCUT2D eigenvalue weighted by Gasteiger charge is -2.35. The number of rotatable bonds is 3. The minimum Gasteiger partial charge on any atom is -0.369 e. The highest BCUT2D eigenvalue weighted by Gasteiger charge is 2.37. The molecule has 1 rings (SSSR count). The predicted octanol–water partition coefficient (Wildman–Crippen LogP) is -0.537. The van der Waals surface area contributed by atoms with E-state index >= 15 is 0 Å². The fourth-order valence-electron chi connectivity index (χ4n) is 1.32. The van der Waals surface area contributed by atoms with Crippen LogP contribution in [-0.2, 0) is 9.53 Å². The van der Waals surface area contributed by atoms with Gasteiger partial charge in [0, 0.05) is 18.9 Å². The van der Waals surface area contributed by atoms with E-state index in [9.17, 15) is 4.79 Å². The van der Waals surface area contributed by atoms with Crippen LogP contribution >= 0.6 is 0 Å². The van der Waals surface area contributed by atoms with E-state index in [0.717, 1.165) is 0 Å². The lowest BCUT2D eigenvalue weighted by atomic mass is 9.74. The van der Waals surface area contributed by atoms with Gasteiger partial charge in [0.1, 0.15) is 0 Å². The Kier molecular flexibility index (Phi) is 2.46. The van der Waals surface area contributed by atoms with E-state index in [4.69, 9.17) is 10.8 Å². The van der Waals surface area contributed by atoms with Gasteiger partial charge in [-0.05, 0) is 12.8 Å². The Bertz CT molecular complexity index is 154. The molecule has 0 aliphatic heterocycles. The summed E-state index contributed by atoms with van der Waals surface area (Å²) in [6.45, 7) is 0. The molecule has 0 aromatic heterocycles. The summed E-state index contributed by atoms with van der Waals surface area (Å²) in [6, 6.07) is 0. The van der Waals surface area contributed by atoms with Crippen LogP contribution in [0.4, 0.5) is 0 Å². The number of hydrogen-bond donors (Lipinski definition) is 2. The SMILES string of the molecule is COC(O)C1CC(C(N)=O)C1. The molecule has 1 atom stereocenters. The molecule has 1 aliphatic carbocycles. The number of hydrogen-bond acceptors (Lipinski definition) is 3. The summed E-state index contributed by atoms with van der Waals surface area (Å²) >= 11 is 0. The van der Waals surface area contributed by atoms with Crippen LogP contribution in [0.15, 0.2) is 0 Å². The second kappa shape index (κ2) is 3.19. The maximum Gasteiger partial charge on any atom is 0.220 e. The largest absolute Gasteiger partial charge is 0.369 e. The summed E-state index contributed by atoms with van der Waals surface area (Å²) in [4.78, 5) is 10.5. The Morgan fingerprint density at radius 1 is 1.73 bits per heavy atom. The molecule has 0 aromatic carbocycles. The third-order valence-corrected chi connectivity index (χ3v) is 2.22. The molecule has 1 amide bonds. The Morgan fingerprint density at radius 3 is 2.64 bits per heavy atom. The van der Waals surface area contributed by atoms with E-state index < -0.39 is 6.29 Å². The Morgan fingerprint density at radius 2 is 2.27 bits per heavy atom. The highest BCUT2D eigenvalue weighted by Crippen LogP contribution is 2.35. The van der Waals surface area contributed by atoms with E-state index in [2.05, 4.69) is 4.74 Å². The second-order valence-corrected chi connectivity index (χ2v) is 2.96. The summed E-state index contributed by atoms with van der Waals surface area (Å²) in [5.74, 6) is -0.230. The van der Waals surface area contributed by atoms with Gasteiger partial charge in [0.15, 0.2) is 6.29 Å². The summed E-state index contributed by atoms with van der Waals surface area (Å²) < 4.78 is 4.69. The molecule has 1 aliphatic rings. The van der Waals surface area contributed by atoms with Crippen molar-refractivity contribution in [3.8, 4) is 0 Å². The Labute approximate surface area is 65.3 Å². The molecule has 1 unspecified atom stereocenters. The van der Waals surface area contributed by atoms with Crippen molar-refractivity contribution >= 4 is 5.91 Å². The summed E-state index contributed by atoms with van der Waals surface area (Å²) in [5, 5.41) is 9.10. The molecule has 0 aromatic rings. The van der Waals surface area contributed by atoms with Gasteiger partial charge < -0.3 is 15.6 Å². The first-order valence-corrected chi connectivity index (χ1v) is 3.65. The lowest BCUT2D eigenvalue weighted by molar-refractivity contribution is -0.152. The quantitative estimate of drug-likeness (QED) is 0.543. The number of primary amides is 1. The molecular formula is C7H13NO3. The van der Waals surface area contributed by atoms with Crippen LogP contribution in [0.1, 0.15) is 12.8 Å². The number of carbonyl (C=O) groups excluding carboxylic acids is 1. The summed E-state index contributed by atoms with van der Waals surface area (Å²) in [7, 11) is 1.45. The van der Waals surface area contributed by atoms with E-state index in [0.29, 0.717) is 12.8 Å². The van der Waals surface area contributed by atoms with Crippen LogP contribution in [0, 0.1) is 11.8 Å².